The van der Waals surface area contributed by atoms with Gasteiger partial charge >= 0.3 is 0 Å². The third kappa shape index (κ3) is 3.53. The van der Waals surface area contributed by atoms with Gasteiger partial charge in [0.2, 0.25) is 5.91 Å². The molecule has 2 fully saturated rings. The molecule has 3 heterocycles. The maximum atomic E-state index is 11.4. The van der Waals surface area contributed by atoms with E-state index in [4.69, 9.17) is 0 Å². The molecule has 2 unspecified atom stereocenters. The van der Waals surface area contributed by atoms with E-state index < -0.39 is 0 Å². The lowest BCUT2D eigenvalue weighted by molar-refractivity contribution is -0.125. The van der Waals surface area contributed by atoms with Crippen molar-refractivity contribution in [1.82, 2.24) is 15.2 Å². The highest BCUT2D eigenvalue weighted by Gasteiger charge is 2.33. The number of rotatable bonds is 4. The van der Waals surface area contributed by atoms with Crippen LogP contribution in [0.25, 0.3) is 0 Å². The summed E-state index contributed by atoms with van der Waals surface area (Å²) in [5.74, 6) is 0.832. The largest absolute Gasteiger partial charge is 0.385 e. The van der Waals surface area contributed by atoms with E-state index in [2.05, 4.69) is 33.5 Å². The van der Waals surface area contributed by atoms with Gasteiger partial charge in [0, 0.05) is 50.5 Å². The smallest absolute Gasteiger partial charge is 0.220 e. The lowest BCUT2D eigenvalue weighted by atomic mass is 9.85. The van der Waals surface area contributed by atoms with Crippen LogP contribution in [0.2, 0.25) is 0 Å². The van der Waals surface area contributed by atoms with Gasteiger partial charge in [0.05, 0.1) is 5.69 Å². The van der Waals surface area contributed by atoms with Crippen LogP contribution in [0.3, 0.4) is 0 Å². The van der Waals surface area contributed by atoms with Crippen molar-refractivity contribution in [3.63, 3.8) is 0 Å². The fourth-order valence-electron chi connectivity index (χ4n) is 3.44. The number of hydrogen-bond donors (Lipinski definition) is 2. The van der Waals surface area contributed by atoms with Crippen molar-refractivity contribution < 1.29 is 4.79 Å². The second kappa shape index (κ2) is 6.43. The number of likely N-dealkylation sites (tertiary alicyclic amines) is 1. The summed E-state index contributed by atoms with van der Waals surface area (Å²) in [4.78, 5) is 18.4. The quantitative estimate of drug-likeness (QED) is 0.884. The number of nitrogens with one attached hydrogen (secondary N) is 2. The predicted octanol–water partition coefficient (Wildman–Crippen LogP) is 1.61. The van der Waals surface area contributed by atoms with Gasteiger partial charge in [-0.05, 0) is 37.8 Å². The van der Waals surface area contributed by atoms with Crippen LogP contribution in [0.4, 0.5) is 5.69 Å². The van der Waals surface area contributed by atoms with Crippen LogP contribution in [0, 0.1) is 5.92 Å². The van der Waals surface area contributed by atoms with Crippen molar-refractivity contribution in [2.75, 3.05) is 25.0 Å². The summed E-state index contributed by atoms with van der Waals surface area (Å²) in [5, 5.41) is 6.47. The Bertz CT molecular complexity index is 505. The molecule has 0 bridgehead atoms. The average molecular weight is 288 g/mol. The zero-order valence-corrected chi connectivity index (χ0v) is 12.6. The van der Waals surface area contributed by atoms with Gasteiger partial charge in [-0.15, -0.1) is 0 Å². The molecule has 0 aromatic carbocycles. The van der Waals surface area contributed by atoms with Gasteiger partial charge in [0.15, 0.2) is 0 Å². The number of carbonyl (C=O) groups is 1. The van der Waals surface area contributed by atoms with Crippen LogP contribution in [0.1, 0.15) is 31.9 Å². The molecule has 1 amide bonds. The van der Waals surface area contributed by atoms with Crippen LogP contribution in [0.15, 0.2) is 18.3 Å². The van der Waals surface area contributed by atoms with Crippen LogP contribution < -0.4 is 10.6 Å². The standard InChI is InChI=1S/C16H24N4O/c1-2-17-13-5-7-18-14(9-13)11-20-8-6-15-12(10-20)3-4-16(21)19-15/h5,7,9,12,15H,2-4,6,8,10-11H2,1H3,(H,17,18)(H,19,21). The Kier molecular flexibility index (Phi) is 4.39. The highest BCUT2D eigenvalue weighted by atomic mass is 16.1. The van der Waals surface area contributed by atoms with E-state index >= 15 is 0 Å². The number of anilines is 1. The molecular formula is C16H24N4O. The Labute approximate surface area is 126 Å². The number of fused-ring (bicyclic) bond motifs is 1. The van der Waals surface area contributed by atoms with E-state index in [1.165, 1.54) is 0 Å². The molecule has 114 valence electrons. The third-order valence-electron chi connectivity index (χ3n) is 4.49. The molecular weight excluding hydrogens is 264 g/mol. The summed E-state index contributed by atoms with van der Waals surface area (Å²) in [6.07, 6.45) is 4.64. The second-order valence-corrected chi connectivity index (χ2v) is 6.06. The van der Waals surface area contributed by atoms with E-state index in [1.807, 2.05) is 12.3 Å². The molecule has 0 spiro atoms. The zero-order chi connectivity index (χ0) is 14.7. The summed E-state index contributed by atoms with van der Waals surface area (Å²) in [6.45, 7) is 6.03. The van der Waals surface area contributed by atoms with Crippen molar-refractivity contribution in [2.24, 2.45) is 5.92 Å². The van der Waals surface area contributed by atoms with E-state index in [0.717, 1.165) is 50.4 Å². The Morgan fingerprint density at radius 3 is 3.24 bits per heavy atom. The van der Waals surface area contributed by atoms with Crippen molar-refractivity contribution in [1.29, 1.82) is 0 Å². The summed E-state index contributed by atoms with van der Waals surface area (Å²) >= 11 is 0. The van der Waals surface area contributed by atoms with Crippen LogP contribution >= 0.6 is 0 Å². The second-order valence-electron chi connectivity index (χ2n) is 6.06. The first-order valence-electron chi connectivity index (χ1n) is 7.95. The number of amides is 1. The Morgan fingerprint density at radius 1 is 1.48 bits per heavy atom. The van der Waals surface area contributed by atoms with Crippen molar-refractivity contribution in [3.05, 3.63) is 24.0 Å². The highest BCUT2D eigenvalue weighted by molar-refractivity contribution is 5.77. The Hall–Kier alpha value is -1.62. The van der Waals surface area contributed by atoms with Gasteiger partial charge in [0.1, 0.15) is 0 Å². The molecule has 5 nitrogen and oxygen atoms in total. The Morgan fingerprint density at radius 2 is 2.38 bits per heavy atom. The molecule has 3 rings (SSSR count). The minimum absolute atomic E-state index is 0.227. The number of aromatic nitrogens is 1. The van der Waals surface area contributed by atoms with Crippen LogP contribution in [-0.2, 0) is 11.3 Å². The molecule has 2 atom stereocenters. The summed E-state index contributed by atoms with van der Waals surface area (Å²) in [7, 11) is 0. The molecule has 5 heteroatoms. The SMILES string of the molecule is CCNc1ccnc(CN2CCC3NC(=O)CCC3C2)c1. The van der Waals surface area contributed by atoms with Crippen molar-refractivity contribution >= 4 is 11.6 Å². The number of nitrogens with zero attached hydrogens (tertiary/aromatic N) is 2. The van der Waals surface area contributed by atoms with E-state index in [9.17, 15) is 4.79 Å². The third-order valence-corrected chi connectivity index (χ3v) is 4.49. The number of hydrogen-bond acceptors (Lipinski definition) is 4. The van der Waals surface area contributed by atoms with Gasteiger partial charge in [-0.25, -0.2) is 0 Å². The van der Waals surface area contributed by atoms with Crippen LogP contribution in [-0.4, -0.2) is 41.5 Å². The van der Waals surface area contributed by atoms with Crippen molar-refractivity contribution in [2.45, 2.75) is 38.8 Å². The molecule has 0 aliphatic carbocycles. The van der Waals surface area contributed by atoms with Gasteiger partial charge in [-0.3, -0.25) is 14.7 Å². The Balaban J connectivity index is 1.59. The highest BCUT2D eigenvalue weighted by Crippen LogP contribution is 2.26. The lowest BCUT2D eigenvalue weighted by Crippen LogP contribution is -2.53. The van der Waals surface area contributed by atoms with Gasteiger partial charge in [-0.1, -0.05) is 0 Å². The maximum Gasteiger partial charge on any atom is 0.220 e. The molecule has 2 saturated heterocycles. The number of piperidine rings is 2. The zero-order valence-electron chi connectivity index (χ0n) is 12.6. The maximum absolute atomic E-state index is 11.4. The first kappa shape index (κ1) is 14.3. The molecule has 1 aromatic heterocycles. The molecule has 2 N–H and O–H groups in total. The first-order valence-corrected chi connectivity index (χ1v) is 7.95. The van der Waals surface area contributed by atoms with E-state index in [1.54, 1.807) is 0 Å². The molecule has 2 aliphatic heterocycles. The predicted molar refractivity (Wildman–Crippen MR) is 82.9 cm³/mol. The molecule has 2 aliphatic rings. The molecule has 21 heavy (non-hydrogen) atoms. The van der Waals surface area contributed by atoms with E-state index in [-0.39, 0.29) is 5.91 Å². The molecule has 0 radical (unpaired) electrons. The van der Waals surface area contributed by atoms with E-state index in [0.29, 0.717) is 18.4 Å². The first-order chi connectivity index (χ1) is 10.2. The van der Waals surface area contributed by atoms with Crippen molar-refractivity contribution in [3.8, 4) is 0 Å². The normalized spacial score (nSPS) is 26.0. The molecule has 1 aromatic rings. The van der Waals surface area contributed by atoms with Gasteiger partial charge < -0.3 is 10.6 Å². The number of pyridine rings is 1. The average Bonchev–Trinajstić information content (AvgIpc) is 2.48. The summed E-state index contributed by atoms with van der Waals surface area (Å²) in [6, 6.07) is 4.54. The molecule has 0 saturated carbocycles. The van der Waals surface area contributed by atoms with Gasteiger partial charge in [0.25, 0.3) is 0 Å². The topological polar surface area (TPSA) is 57.3 Å². The fraction of sp³-hybridized carbons (Fsp3) is 0.625. The summed E-state index contributed by atoms with van der Waals surface area (Å²) < 4.78 is 0. The van der Waals surface area contributed by atoms with Crippen LogP contribution in [0.5, 0.6) is 0 Å². The minimum atomic E-state index is 0.227. The minimum Gasteiger partial charge on any atom is -0.385 e. The fourth-order valence-corrected chi connectivity index (χ4v) is 3.44. The van der Waals surface area contributed by atoms with Gasteiger partial charge in [-0.2, -0.15) is 0 Å². The summed E-state index contributed by atoms with van der Waals surface area (Å²) in [5.41, 5.74) is 2.26. The lowest BCUT2D eigenvalue weighted by Gasteiger charge is -2.41. The monoisotopic (exact) mass is 288 g/mol. The number of carbonyl (C=O) groups excluding carboxylic acids is 1.